The summed E-state index contributed by atoms with van der Waals surface area (Å²) >= 11 is 0. The number of anilines is 2. The molecule has 0 spiro atoms. The summed E-state index contributed by atoms with van der Waals surface area (Å²) in [6.07, 6.45) is -0.346. The van der Waals surface area contributed by atoms with Crippen LogP contribution in [-0.2, 0) is 9.47 Å². The monoisotopic (exact) mass is 270 g/mol. The minimum Gasteiger partial charge on any atom is -0.380 e. The lowest BCUT2D eigenvalue weighted by molar-refractivity contribution is -0.0914. The molecule has 0 fully saturated rings. The Bertz CT molecular complexity index is 395. The average molecular weight is 270 g/mol. The maximum atomic E-state index is 14.0. The van der Waals surface area contributed by atoms with Crippen molar-refractivity contribution in [3.63, 3.8) is 0 Å². The molecule has 19 heavy (non-hydrogen) atoms. The van der Waals surface area contributed by atoms with E-state index in [1.165, 1.54) is 6.07 Å². The molecule has 4 nitrogen and oxygen atoms in total. The molecule has 0 saturated heterocycles. The Morgan fingerprint density at radius 2 is 1.89 bits per heavy atom. The predicted octanol–water partition coefficient (Wildman–Crippen LogP) is 2.70. The van der Waals surface area contributed by atoms with Crippen molar-refractivity contribution in [2.24, 2.45) is 0 Å². The molecule has 0 saturated carbocycles. The second-order valence-corrected chi connectivity index (χ2v) is 4.65. The molecule has 0 aliphatic heterocycles. The molecule has 0 atom stereocenters. The van der Waals surface area contributed by atoms with Crippen molar-refractivity contribution < 1.29 is 13.9 Å². The molecule has 1 aromatic carbocycles. The average Bonchev–Trinajstić information content (AvgIpc) is 2.39. The minimum absolute atomic E-state index is 0.243. The number of rotatable bonds is 7. The lowest BCUT2D eigenvalue weighted by Crippen LogP contribution is -2.26. The number of hydrogen-bond donors (Lipinski definition) is 1. The van der Waals surface area contributed by atoms with Gasteiger partial charge in [0.15, 0.2) is 6.29 Å². The van der Waals surface area contributed by atoms with Crippen molar-refractivity contribution in [3.8, 4) is 0 Å². The van der Waals surface area contributed by atoms with Crippen molar-refractivity contribution in [3.05, 3.63) is 24.0 Å². The fraction of sp³-hybridized carbons (Fsp3) is 0.571. The molecular formula is C14H23FN2O2. The SMILES string of the molecule is COC(CNc1ccc(N(C)C(C)C)c(F)c1)OC. The summed E-state index contributed by atoms with van der Waals surface area (Å²) in [6, 6.07) is 5.35. The van der Waals surface area contributed by atoms with E-state index in [1.54, 1.807) is 20.3 Å². The number of benzene rings is 1. The number of nitrogens with one attached hydrogen (secondary N) is 1. The highest BCUT2D eigenvalue weighted by molar-refractivity contribution is 5.56. The van der Waals surface area contributed by atoms with Crippen LogP contribution in [0.4, 0.5) is 15.8 Å². The Labute approximate surface area is 114 Å². The largest absolute Gasteiger partial charge is 0.380 e. The summed E-state index contributed by atoms with van der Waals surface area (Å²) in [5, 5.41) is 3.07. The number of hydrogen-bond acceptors (Lipinski definition) is 4. The number of ether oxygens (including phenoxy) is 2. The van der Waals surface area contributed by atoms with Crippen LogP contribution in [0.2, 0.25) is 0 Å². The van der Waals surface area contributed by atoms with Gasteiger partial charge in [-0.3, -0.25) is 0 Å². The van der Waals surface area contributed by atoms with Gasteiger partial charge in [0.05, 0.1) is 12.2 Å². The number of halogens is 1. The normalized spacial score (nSPS) is 11.2. The van der Waals surface area contributed by atoms with Gasteiger partial charge in [-0.05, 0) is 32.0 Å². The highest BCUT2D eigenvalue weighted by Gasteiger charge is 2.11. The molecule has 0 aliphatic carbocycles. The maximum absolute atomic E-state index is 14.0. The predicted molar refractivity (Wildman–Crippen MR) is 76.2 cm³/mol. The van der Waals surface area contributed by atoms with Gasteiger partial charge in [-0.25, -0.2) is 4.39 Å². The highest BCUT2D eigenvalue weighted by atomic mass is 19.1. The van der Waals surface area contributed by atoms with E-state index in [-0.39, 0.29) is 18.1 Å². The molecular weight excluding hydrogens is 247 g/mol. The Morgan fingerprint density at radius 1 is 1.26 bits per heavy atom. The molecule has 5 heteroatoms. The Hall–Kier alpha value is -1.33. The maximum Gasteiger partial charge on any atom is 0.173 e. The summed E-state index contributed by atoms with van der Waals surface area (Å²) in [7, 11) is 5.01. The van der Waals surface area contributed by atoms with E-state index in [0.717, 1.165) is 0 Å². The molecule has 0 amide bonds. The second-order valence-electron chi connectivity index (χ2n) is 4.65. The van der Waals surface area contributed by atoms with Crippen LogP contribution in [0.25, 0.3) is 0 Å². The Kier molecular flexibility index (Phi) is 6.05. The summed E-state index contributed by atoms with van der Waals surface area (Å²) in [6.45, 7) is 4.51. The van der Waals surface area contributed by atoms with E-state index in [2.05, 4.69) is 5.32 Å². The number of nitrogens with zero attached hydrogens (tertiary/aromatic N) is 1. The van der Waals surface area contributed by atoms with E-state index >= 15 is 0 Å². The first-order chi connectivity index (χ1) is 8.99. The Balaban J connectivity index is 2.71. The van der Waals surface area contributed by atoms with Crippen molar-refractivity contribution in [2.45, 2.75) is 26.2 Å². The lowest BCUT2D eigenvalue weighted by atomic mass is 10.2. The van der Waals surface area contributed by atoms with Gasteiger partial charge in [0.1, 0.15) is 5.82 Å². The molecule has 0 unspecified atom stereocenters. The van der Waals surface area contributed by atoms with Gasteiger partial charge in [0.25, 0.3) is 0 Å². The highest BCUT2D eigenvalue weighted by Crippen LogP contribution is 2.23. The van der Waals surface area contributed by atoms with Crippen molar-refractivity contribution in [2.75, 3.05) is 38.0 Å². The van der Waals surface area contributed by atoms with Crippen LogP contribution < -0.4 is 10.2 Å². The van der Waals surface area contributed by atoms with Gasteiger partial charge >= 0.3 is 0 Å². The van der Waals surface area contributed by atoms with E-state index in [0.29, 0.717) is 17.9 Å². The van der Waals surface area contributed by atoms with E-state index in [9.17, 15) is 4.39 Å². The number of methoxy groups -OCH3 is 2. The third-order valence-electron chi connectivity index (χ3n) is 3.10. The van der Waals surface area contributed by atoms with Crippen LogP contribution in [0, 0.1) is 5.82 Å². The zero-order valence-corrected chi connectivity index (χ0v) is 12.2. The molecule has 1 N–H and O–H groups in total. The van der Waals surface area contributed by atoms with Crippen LogP contribution in [0.5, 0.6) is 0 Å². The van der Waals surface area contributed by atoms with Gasteiger partial charge < -0.3 is 19.7 Å². The molecule has 0 bridgehead atoms. The molecule has 0 aliphatic rings. The van der Waals surface area contributed by atoms with Gasteiger partial charge in [0, 0.05) is 33.0 Å². The summed E-state index contributed by atoms with van der Waals surface area (Å²) in [4.78, 5) is 1.90. The molecule has 108 valence electrons. The van der Waals surface area contributed by atoms with Gasteiger partial charge in [0.2, 0.25) is 0 Å². The molecule has 1 rings (SSSR count). The molecule has 0 aromatic heterocycles. The topological polar surface area (TPSA) is 33.7 Å². The smallest absolute Gasteiger partial charge is 0.173 e. The summed E-state index contributed by atoms with van der Waals surface area (Å²) < 4.78 is 24.1. The van der Waals surface area contributed by atoms with E-state index in [4.69, 9.17) is 9.47 Å². The molecule has 0 radical (unpaired) electrons. The summed E-state index contributed by atoms with van der Waals surface area (Å²) in [5.41, 5.74) is 1.30. The van der Waals surface area contributed by atoms with Crippen molar-refractivity contribution >= 4 is 11.4 Å². The van der Waals surface area contributed by atoms with Crippen LogP contribution in [0.1, 0.15) is 13.8 Å². The zero-order valence-electron chi connectivity index (χ0n) is 12.2. The van der Waals surface area contributed by atoms with E-state index < -0.39 is 0 Å². The van der Waals surface area contributed by atoms with Crippen LogP contribution in [-0.4, -0.2) is 40.1 Å². The van der Waals surface area contributed by atoms with Gasteiger partial charge in [-0.1, -0.05) is 0 Å². The van der Waals surface area contributed by atoms with E-state index in [1.807, 2.05) is 31.9 Å². The first kappa shape index (κ1) is 15.7. The Morgan fingerprint density at radius 3 is 2.37 bits per heavy atom. The van der Waals surface area contributed by atoms with Gasteiger partial charge in [-0.2, -0.15) is 0 Å². The third kappa shape index (κ3) is 4.36. The first-order valence-electron chi connectivity index (χ1n) is 6.31. The van der Waals surface area contributed by atoms with Crippen LogP contribution in [0.15, 0.2) is 18.2 Å². The summed E-state index contributed by atoms with van der Waals surface area (Å²) in [5.74, 6) is -0.243. The fourth-order valence-electron chi connectivity index (χ4n) is 1.65. The standard InChI is InChI=1S/C14H23FN2O2/c1-10(2)17(3)13-7-6-11(8-12(13)15)16-9-14(18-4)19-5/h6-8,10,14,16H,9H2,1-5H3. The lowest BCUT2D eigenvalue weighted by Gasteiger charge is -2.24. The quantitative estimate of drug-likeness (QED) is 0.772. The molecule has 0 heterocycles. The van der Waals surface area contributed by atoms with Crippen molar-refractivity contribution in [1.29, 1.82) is 0 Å². The molecule has 1 aromatic rings. The van der Waals surface area contributed by atoms with Crippen LogP contribution >= 0.6 is 0 Å². The fourth-order valence-corrected chi connectivity index (χ4v) is 1.65. The van der Waals surface area contributed by atoms with Crippen LogP contribution in [0.3, 0.4) is 0 Å². The van der Waals surface area contributed by atoms with Crippen molar-refractivity contribution in [1.82, 2.24) is 0 Å². The zero-order chi connectivity index (χ0) is 14.4. The third-order valence-corrected chi connectivity index (χ3v) is 3.10. The first-order valence-corrected chi connectivity index (χ1v) is 6.31. The van der Waals surface area contributed by atoms with Gasteiger partial charge in [-0.15, -0.1) is 0 Å². The minimum atomic E-state index is -0.346. The second kappa shape index (κ2) is 7.31.